The van der Waals surface area contributed by atoms with E-state index in [2.05, 4.69) is 21.2 Å². The molecule has 0 saturated carbocycles. The van der Waals surface area contributed by atoms with E-state index in [1.807, 2.05) is 49.4 Å². The highest BCUT2D eigenvalue weighted by atomic mass is 16.5. The molecule has 0 radical (unpaired) electrons. The number of hydrogen-bond donors (Lipinski definition) is 1. The molecular weight excluding hydrogens is 354 g/mol. The normalized spacial score (nSPS) is 16.4. The summed E-state index contributed by atoms with van der Waals surface area (Å²) in [6.45, 7) is 6.43. The number of amides is 1. The van der Waals surface area contributed by atoms with Gasteiger partial charge in [-0.1, -0.05) is 24.3 Å². The minimum Gasteiger partial charge on any atom is -0.493 e. The van der Waals surface area contributed by atoms with Crippen molar-refractivity contribution in [1.82, 2.24) is 9.80 Å². The predicted molar refractivity (Wildman–Crippen MR) is 111 cm³/mol. The Morgan fingerprint density at radius 3 is 2.32 bits per heavy atom. The molecule has 1 aliphatic rings. The molecule has 6 heteroatoms. The fraction of sp³-hybridized carbons (Fsp3) is 0.409. The molecule has 28 heavy (non-hydrogen) atoms. The van der Waals surface area contributed by atoms with Crippen LogP contribution in [0.2, 0.25) is 0 Å². The van der Waals surface area contributed by atoms with Gasteiger partial charge in [0.25, 0.3) is 0 Å². The molecule has 6 nitrogen and oxygen atoms in total. The second kappa shape index (κ2) is 9.57. The van der Waals surface area contributed by atoms with Crippen LogP contribution in [0.3, 0.4) is 0 Å². The SMILES string of the molecule is COc1ccc(CN2CCN(C(C)C(=O)Nc3ccccc3)CC2)cc1OC. The fourth-order valence-electron chi connectivity index (χ4n) is 3.48. The van der Waals surface area contributed by atoms with E-state index in [9.17, 15) is 4.79 Å². The number of nitrogens with zero attached hydrogens (tertiary/aromatic N) is 2. The lowest BCUT2D eigenvalue weighted by Crippen LogP contribution is -2.52. The van der Waals surface area contributed by atoms with Gasteiger partial charge in [-0.25, -0.2) is 0 Å². The number of rotatable bonds is 7. The van der Waals surface area contributed by atoms with Gasteiger partial charge in [0, 0.05) is 38.4 Å². The summed E-state index contributed by atoms with van der Waals surface area (Å²) in [6.07, 6.45) is 0. The summed E-state index contributed by atoms with van der Waals surface area (Å²) in [6, 6.07) is 15.5. The smallest absolute Gasteiger partial charge is 0.241 e. The van der Waals surface area contributed by atoms with Crippen molar-refractivity contribution in [3.8, 4) is 11.5 Å². The monoisotopic (exact) mass is 383 g/mol. The first-order valence-electron chi connectivity index (χ1n) is 9.64. The van der Waals surface area contributed by atoms with Crippen LogP contribution in [0.25, 0.3) is 0 Å². The molecule has 1 amide bonds. The van der Waals surface area contributed by atoms with Crippen molar-refractivity contribution in [2.45, 2.75) is 19.5 Å². The van der Waals surface area contributed by atoms with Gasteiger partial charge in [-0.2, -0.15) is 0 Å². The third-order valence-electron chi connectivity index (χ3n) is 5.23. The molecule has 1 aliphatic heterocycles. The Labute approximate surface area is 167 Å². The molecule has 1 saturated heterocycles. The Balaban J connectivity index is 1.50. The predicted octanol–water partition coefficient (Wildman–Crippen LogP) is 2.85. The molecule has 0 bridgehead atoms. The van der Waals surface area contributed by atoms with Gasteiger partial charge in [0.2, 0.25) is 5.91 Å². The lowest BCUT2D eigenvalue weighted by molar-refractivity contribution is -0.121. The van der Waals surface area contributed by atoms with Gasteiger partial charge >= 0.3 is 0 Å². The molecule has 2 aromatic carbocycles. The van der Waals surface area contributed by atoms with Crippen molar-refractivity contribution in [2.75, 3.05) is 45.7 Å². The van der Waals surface area contributed by atoms with Gasteiger partial charge in [0.1, 0.15) is 0 Å². The Hall–Kier alpha value is -2.57. The Morgan fingerprint density at radius 2 is 1.68 bits per heavy atom. The molecule has 1 unspecified atom stereocenters. The fourth-order valence-corrected chi connectivity index (χ4v) is 3.48. The lowest BCUT2D eigenvalue weighted by atomic mass is 10.1. The van der Waals surface area contributed by atoms with Crippen LogP contribution < -0.4 is 14.8 Å². The van der Waals surface area contributed by atoms with Crippen molar-refractivity contribution in [3.05, 3.63) is 54.1 Å². The molecule has 1 fully saturated rings. The van der Waals surface area contributed by atoms with Gasteiger partial charge in [-0.05, 0) is 36.8 Å². The van der Waals surface area contributed by atoms with Crippen molar-refractivity contribution < 1.29 is 14.3 Å². The number of nitrogens with one attached hydrogen (secondary N) is 1. The number of anilines is 1. The molecular formula is C22H29N3O3. The number of benzene rings is 2. The van der Waals surface area contributed by atoms with Crippen LogP contribution in [0.15, 0.2) is 48.5 Å². The highest BCUT2D eigenvalue weighted by molar-refractivity contribution is 5.94. The minimum absolute atomic E-state index is 0.0412. The summed E-state index contributed by atoms with van der Waals surface area (Å²) in [4.78, 5) is 17.2. The van der Waals surface area contributed by atoms with Gasteiger partial charge in [0.05, 0.1) is 20.3 Å². The van der Waals surface area contributed by atoms with Crippen LogP contribution in [0.1, 0.15) is 12.5 Å². The number of methoxy groups -OCH3 is 2. The second-order valence-corrected chi connectivity index (χ2v) is 7.03. The topological polar surface area (TPSA) is 54.0 Å². The maximum Gasteiger partial charge on any atom is 0.241 e. The van der Waals surface area contributed by atoms with Crippen molar-refractivity contribution >= 4 is 11.6 Å². The summed E-state index contributed by atoms with van der Waals surface area (Å²) in [5, 5.41) is 2.99. The van der Waals surface area contributed by atoms with E-state index in [1.54, 1.807) is 14.2 Å². The van der Waals surface area contributed by atoms with Gasteiger partial charge in [-0.3, -0.25) is 14.6 Å². The van der Waals surface area contributed by atoms with Crippen LogP contribution in [0.5, 0.6) is 11.5 Å². The first-order chi connectivity index (χ1) is 13.6. The summed E-state index contributed by atoms with van der Waals surface area (Å²) >= 11 is 0. The first kappa shape index (κ1) is 20.2. The molecule has 1 N–H and O–H groups in total. The van der Waals surface area contributed by atoms with Crippen LogP contribution in [-0.4, -0.2) is 62.1 Å². The van der Waals surface area contributed by atoms with E-state index in [1.165, 1.54) is 5.56 Å². The maximum atomic E-state index is 12.5. The third-order valence-corrected chi connectivity index (χ3v) is 5.23. The van der Waals surface area contributed by atoms with Crippen molar-refractivity contribution in [3.63, 3.8) is 0 Å². The highest BCUT2D eigenvalue weighted by Crippen LogP contribution is 2.28. The zero-order valence-electron chi connectivity index (χ0n) is 16.9. The second-order valence-electron chi connectivity index (χ2n) is 7.03. The lowest BCUT2D eigenvalue weighted by Gasteiger charge is -2.37. The molecule has 0 spiro atoms. The number of carbonyl (C=O) groups excluding carboxylic acids is 1. The highest BCUT2D eigenvalue weighted by Gasteiger charge is 2.25. The standard InChI is InChI=1S/C22H29N3O3/c1-17(22(26)23-19-7-5-4-6-8-19)25-13-11-24(12-14-25)16-18-9-10-20(27-2)21(15-18)28-3/h4-10,15,17H,11-14,16H2,1-3H3,(H,23,26). The largest absolute Gasteiger partial charge is 0.493 e. The maximum absolute atomic E-state index is 12.5. The van der Waals surface area contributed by atoms with Crippen molar-refractivity contribution in [2.24, 2.45) is 0 Å². The van der Waals surface area contributed by atoms with E-state index in [0.29, 0.717) is 0 Å². The molecule has 2 aromatic rings. The van der Waals surface area contributed by atoms with Crippen LogP contribution in [-0.2, 0) is 11.3 Å². The summed E-state index contributed by atoms with van der Waals surface area (Å²) in [7, 11) is 3.30. The van der Waals surface area contributed by atoms with E-state index in [0.717, 1.165) is 49.9 Å². The quantitative estimate of drug-likeness (QED) is 0.797. The van der Waals surface area contributed by atoms with E-state index in [-0.39, 0.29) is 11.9 Å². The van der Waals surface area contributed by atoms with Crippen LogP contribution >= 0.6 is 0 Å². The Kier molecular flexibility index (Phi) is 6.90. The summed E-state index contributed by atoms with van der Waals surface area (Å²) < 4.78 is 10.7. The number of para-hydroxylation sites is 1. The number of hydrogen-bond acceptors (Lipinski definition) is 5. The van der Waals surface area contributed by atoms with E-state index >= 15 is 0 Å². The average Bonchev–Trinajstić information content (AvgIpc) is 2.74. The third kappa shape index (κ3) is 5.03. The molecule has 3 rings (SSSR count). The Morgan fingerprint density at radius 1 is 1.00 bits per heavy atom. The van der Waals surface area contributed by atoms with Gasteiger partial charge in [-0.15, -0.1) is 0 Å². The zero-order valence-corrected chi connectivity index (χ0v) is 16.9. The summed E-state index contributed by atoms with van der Waals surface area (Å²) in [5.74, 6) is 1.54. The van der Waals surface area contributed by atoms with Crippen LogP contribution in [0.4, 0.5) is 5.69 Å². The molecule has 1 heterocycles. The average molecular weight is 383 g/mol. The molecule has 150 valence electrons. The molecule has 0 aromatic heterocycles. The van der Waals surface area contributed by atoms with Crippen molar-refractivity contribution in [1.29, 1.82) is 0 Å². The zero-order chi connectivity index (χ0) is 19.9. The van der Waals surface area contributed by atoms with Gasteiger partial charge in [0.15, 0.2) is 11.5 Å². The van der Waals surface area contributed by atoms with E-state index < -0.39 is 0 Å². The first-order valence-corrected chi connectivity index (χ1v) is 9.64. The number of ether oxygens (including phenoxy) is 2. The summed E-state index contributed by atoms with van der Waals surface area (Å²) in [5.41, 5.74) is 2.03. The number of piperazine rings is 1. The molecule has 1 atom stereocenters. The van der Waals surface area contributed by atoms with Gasteiger partial charge < -0.3 is 14.8 Å². The Bertz CT molecular complexity index is 774. The minimum atomic E-state index is -0.150. The van der Waals surface area contributed by atoms with E-state index in [4.69, 9.17) is 9.47 Å². The molecule has 0 aliphatic carbocycles. The number of carbonyl (C=O) groups is 1. The van der Waals surface area contributed by atoms with Crippen LogP contribution in [0, 0.1) is 0 Å².